The van der Waals surface area contributed by atoms with E-state index in [9.17, 15) is 8.42 Å². The van der Waals surface area contributed by atoms with E-state index in [4.69, 9.17) is 17.0 Å². The van der Waals surface area contributed by atoms with Crippen molar-refractivity contribution in [2.24, 2.45) is 0 Å². The first kappa shape index (κ1) is 23.0. The zero-order chi connectivity index (χ0) is 21.3. The molecule has 2 aromatic carbocycles. The number of thiocarbonyl (C=S) groups is 1. The number of nitrogens with zero attached hydrogens (tertiary/aromatic N) is 1. The molecule has 0 saturated heterocycles. The summed E-state index contributed by atoms with van der Waals surface area (Å²) in [7, 11) is -1.79. The van der Waals surface area contributed by atoms with Crippen LogP contribution in [-0.4, -0.2) is 40.0 Å². The summed E-state index contributed by atoms with van der Waals surface area (Å²) in [6, 6.07) is 15.2. The molecule has 2 aromatic rings. The van der Waals surface area contributed by atoms with Gasteiger partial charge in [0.15, 0.2) is 5.11 Å². The van der Waals surface area contributed by atoms with Crippen molar-refractivity contribution in [1.29, 1.82) is 0 Å². The Kier molecular flexibility index (Phi) is 8.72. The second kappa shape index (κ2) is 11.0. The van der Waals surface area contributed by atoms with Crippen LogP contribution in [0.1, 0.15) is 25.3 Å². The monoisotopic (exact) mass is 435 g/mol. The van der Waals surface area contributed by atoms with E-state index in [2.05, 4.69) is 23.6 Å². The highest BCUT2D eigenvalue weighted by Gasteiger charge is 2.12. The number of hydrogen-bond donors (Lipinski definition) is 2. The molecule has 2 N–H and O–H groups in total. The molecule has 29 heavy (non-hydrogen) atoms. The molecule has 6 nitrogen and oxygen atoms in total. The number of anilines is 2. The summed E-state index contributed by atoms with van der Waals surface area (Å²) in [5.74, 6) is 0.946. The van der Waals surface area contributed by atoms with Gasteiger partial charge in [-0.1, -0.05) is 31.2 Å². The standard InChI is InChI=1S/C21H29N3O3S2/c1-4-15-27-20-13-6-5-9-17(20)10-8-14-22-21(28)23-18-11-7-12-19(16-18)24(2)29(3,25)26/h5-7,9,11-13,16H,4,8,10,14-15H2,1-3H3,(H2,22,23,28). The Balaban J connectivity index is 1.83. The van der Waals surface area contributed by atoms with E-state index in [0.717, 1.165) is 43.9 Å². The van der Waals surface area contributed by atoms with Crippen molar-refractivity contribution < 1.29 is 13.2 Å². The molecule has 0 saturated carbocycles. The Morgan fingerprint density at radius 1 is 1.17 bits per heavy atom. The topological polar surface area (TPSA) is 70.7 Å². The van der Waals surface area contributed by atoms with Gasteiger partial charge in [0.1, 0.15) is 5.75 Å². The van der Waals surface area contributed by atoms with Crippen molar-refractivity contribution in [3.8, 4) is 5.75 Å². The van der Waals surface area contributed by atoms with Gasteiger partial charge in [0.05, 0.1) is 18.6 Å². The number of hydrogen-bond acceptors (Lipinski definition) is 4. The van der Waals surface area contributed by atoms with Crippen LogP contribution < -0.4 is 19.7 Å². The molecule has 0 bridgehead atoms. The van der Waals surface area contributed by atoms with Crippen LogP contribution in [0.2, 0.25) is 0 Å². The molecule has 8 heteroatoms. The first-order chi connectivity index (χ1) is 13.8. The number of ether oxygens (including phenoxy) is 1. The molecule has 0 radical (unpaired) electrons. The third-order valence-electron chi connectivity index (χ3n) is 4.31. The third kappa shape index (κ3) is 7.55. The lowest BCUT2D eigenvalue weighted by Crippen LogP contribution is -2.29. The fourth-order valence-corrected chi connectivity index (χ4v) is 3.41. The summed E-state index contributed by atoms with van der Waals surface area (Å²) in [5, 5.41) is 6.79. The molecule has 0 unspecified atom stereocenters. The van der Waals surface area contributed by atoms with Crippen molar-refractivity contribution in [2.75, 3.05) is 36.1 Å². The van der Waals surface area contributed by atoms with E-state index in [0.29, 0.717) is 10.8 Å². The van der Waals surface area contributed by atoms with Crippen LogP contribution in [0.15, 0.2) is 48.5 Å². The lowest BCUT2D eigenvalue weighted by Gasteiger charge is -2.18. The Bertz CT molecular complexity index is 917. The number of rotatable bonds is 10. The number of nitrogens with one attached hydrogen (secondary N) is 2. The van der Waals surface area contributed by atoms with Crippen LogP contribution in [0.3, 0.4) is 0 Å². The van der Waals surface area contributed by atoms with Gasteiger partial charge < -0.3 is 15.4 Å². The van der Waals surface area contributed by atoms with Crippen LogP contribution in [0.4, 0.5) is 11.4 Å². The summed E-state index contributed by atoms with van der Waals surface area (Å²) in [6.45, 7) is 3.53. The lowest BCUT2D eigenvalue weighted by atomic mass is 10.1. The quantitative estimate of drug-likeness (QED) is 0.437. The fourth-order valence-electron chi connectivity index (χ4n) is 2.69. The van der Waals surface area contributed by atoms with Crippen LogP contribution in [0, 0.1) is 0 Å². The van der Waals surface area contributed by atoms with E-state index < -0.39 is 10.0 Å². The van der Waals surface area contributed by atoms with Gasteiger partial charge in [-0.3, -0.25) is 4.31 Å². The molecular formula is C21H29N3O3S2. The normalized spacial score (nSPS) is 11.0. The van der Waals surface area contributed by atoms with Crippen LogP contribution in [0.25, 0.3) is 0 Å². The summed E-state index contributed by atoms with van der Waals surface area (Å²) >= 11 is 5.35. The number of aryl methyl sites for hydroxylation is 1. The summed E-state index contributed by atoms with van der Waals surface area (Å²) in [6.07, 6.45) is 3.96. The zero-order valence-electron chi connectivity index (χ0n) is 17.1. The third-order valence-corrected chi connectivity index (χ3v) is 5.76. The second-order valence-corrected chi connectivity index (χ2v) is 9.14. The molecule has 158 valence electrons. The van der Waals surface area contributed by atoms with Gasteiger partial charge in [-0.25, -0.2) is 8.42 Å². The SMILES string of the molecule is CCCOc1ccccc1CCCNC(=S)Nc1cccc(N(C)S(C)(=O)=O)c1. The van der Waals surface area contributed by atoms with E-state index >= 15 is 0 Å². The van der Waals surface area contributed by atoms with E-state index in [1.807, 2.05) is 24.3 Å². The van der Waals surface area contributed by atoms with Gasteiger partial charge in [0, 0.05) is 19.3 Å². The average molecular weight is 436 g/mol. The predicted molar refractivity (Wildman–Crippen MR) is 124 cm³/mol. The Morgan fingerprint density at radius 3 is 2.66 bits per heavy atom. The molecule has 0 fully saturated rings. The van der Waals surface area contributed by atoms with Crippen molar-refractivity contribution in [3.63, 3.8) is 0 Å². The van der Waals surface area contributed by atoms with Crippen LogP contribution in [0.5, 0.6) is 5.75 Å². The highest BCUT2D eigenvalue weighted by atomic mass is 32.2. The molecule has 0 atom stereocenters. The first-order valence-electron chi connectivity index (χ1n) is 9.60. The zero-order valence-corrected chi connectivity index (χ0v) is 18.8. The maximum atomic E-state index is 11.7. The molecule has 2 rings (SSSR count). The minimum atomic E-state index is -3.31. The highest BCUT2D eigenvalue weighted by molar-refractivity contribution is 7.92. The van der Waals surface area contributed by atoms with Gasteiger partial charge >= 0.3 is 0 Å². The van der Waals surface area contributed by atoms with E-state index in [-0.39, 0.29) is 0 Å². The van der Waals surface area contributed by atoms with E-state index in [1.165, 1.54) is 23.2 Å². The van der Waals surface area contributed by atoms with Crippen LogP contribution in [-0.2, 0) is 16.4 Å². The van der Waals surface area contributed by atoms with E-state index in [1.54, 1.807) is 18.2 Å². The highest BCUT2D eigenvalue weighted by Crippen LogP contribution is 2.21. The fraction of sp³-hybridized carbons (Fsp3) is 0.381. The molecule has 0 aliphatic rings. The second-order valence-electron chi connectivity index (χ2n) is 6.72. The summed E-state index contributed by atoms with van der Waals surface area (Å²) in [4.78, 5) is 0. The van der Waals surface area contributed by atoms with Gasteiger partial charge in [0.25, 0.3) is 0 Å². The average Bonchev–Trinajstić information content (AvgIpc) is 2.69. The number of benzene rings is 2. The maximum absolute atomic E-state index is 11.7. The first-order valence-corrected chi connectivity index (χ1v) is 11.9. The minimum absolute atomic E-state index is 0.500. The van der Waals surface area contributed by atoms with Crippen molar-refractivity contribution in [2.45, 2.75) is 26.2 Å². The van der Waals surface area contributed by atoms with Gasteiger partial charge in [0.2, 0.25) is 10.0 Å². The Morgan fingerprint density at radius 2 is 1.93 bits per heavy atom. The Hall–Kier alpha value is -2.32. The van der Waals surface area contributed by atoms with Gasteiger partial charge in [-0.05, 0) is 61.3 Å². The smallest absolute Gasteiger partial charge is 0.231 e. The molecule has 0 spiro atoms. The molecular weight excluding hydrogens is 406 g/mol. The van der Waals surface area contributed by atoms with Crippen molar-refractivity contribution in [1.82, 2.24) is 5.32 Å². The molecule has 0 amide bonds. The van der Waals surface area contributed by atoms with Crippen molar-refractivity contribution in [3.05, 3.63) is 54.1 Å². The van der Waals surface area contributed by atoms with Crippen molar-refractivity contribution >= 4 is 38.7 Å². The van der Waals surface area contributed by atoms with Gasteiger partial charge in [-0.2, -0.15) is 0 Å². The molecule has 0 aliphatic carbocycles. The maximum Gasteiger partial charge on any atom is 0.231 e. The summed E-state index contributed by atoms with van der Waals surface area (Å²) in [5.41, 5.74) is 2.50. The number of sulfonamides is 1. The predicted octanol–water partition coefficient (Wildman–Crippen LogP) is 3.79. The molecule has 0 heterocycles. The molecule has 0 aliphatic heterocycles. The van der Waals surface area contributed by atoms with Gasteiger partial charge in [-0.15, -0.1) is 0 Å². The van der Waals surface area contributed by atoms with Crippen LogP contribution >= 0.6 is 12.2 Å². The minimum Gasteiger partial charge on any atom is -0.493 e. The number of para-hydroxylation sites is 1. The Labute approximate surface area is 179 Å². The summed E-state index contributed by atoms with van der Waals surface area (Å²) < 4.78 is 30.4. The molecule has 0 aromatic heterocycles. The lowest BCUT2D eigenvalue weighted by molar-refractivity contribution is 0.314. The largest absolute Gasteiger partial charge is 0.493 e.